The summed E-state index contributed by atoms with van der Waals surface area (Å²) in [6, 6.07) is 12.7. The van der Waals surface area contributed by atoms with Crippen LogP contribution in [0.1, 0.15) is 17.4 Å². The molecule has 0 radical (unpaired) electrons. The van der Waals surface area contributed by atoms with Gasteiger partial charge in [-0.2, -0.15) is 0 Å². The third-order valence-electron chi connectivity index (χ3n) is 4.03. The van der Waals surface area contributed by atoms with E-state index in [0.717, 1.165) is 6.07 Å². The molecule has 0 aliphatic heterocycles. The minimum atomic E-state index is -1.12. The monoisotopic (exact) mass is 400 g/mol. The highest BCUT2D eigenvalue weighted by Gasteiger charge is 2.21. The van der Waals surface area contributed by atoms with Crippen LogP contribution in [-0.2, 0) is 9.53 Å². The summed E-state index contributed by atoms with van der Waals surface area (Å²) in [6.45, 7) is 1.42. The highest BCUT2D eigenvalue weighted by atomic mass is 35.5. The molecule has 1 heterocycles. The third-order valence-corrected chi connectivity index (χ3v) is 4.26. The van der Waals surface area contributed by atoms with Gasteiger partial charge >= 0.3 is 5.97 Å². The highest BCUT2D eigenvalue weighted by Crippen LogP contribution is 2.27. The summed E-state index contributed by atoms with van der Waals surface area (Å²) >= 11 is 5.94. The molecule has 7 nitrogen and oxygen atoms in total. The largest absolute Gasteiger partial charge is 0.495 e. The maximum absolute atomic E-state index is 12.4. The van der Waals surface area contributed by atoms with Gasteiger partial charge in [-0.05, 0) is 37.3 Å². The second-order valence-corrected chi connectivity index (χ2v) is 6.41. The number of nitrogens with one attached hydrogen (secondary N) is 2. The molecule has 0 spiro atoms. The number of amides is 1. The van der Waals surface area contributed by atoms with Crippen molar-refractivity contribution in [2.75, 3.05) is 12.4 Å². The van der Waals surface area contributed by atoms with Gasteiger partial charge in [-0.1, -0.05) is 23.7 Å². The van der Waals surface area contributed by atoms with E-state index in [0.29, 0.717) is 27.4 Å². The van der Waals surface area contributed by atoms with Crippen molar-refractivity contribution in [3.8, 4) is 5.75 Å². The Balaban J connectivity index is 1.75. The summed E-state index contributed by atoms with van der Waals surface area (Å²) in [7, 11) is 1.46. The molecule has 0 fully saturated rings. The van der Waals surface area contributed by atoms with Crippen molar-refractivity contribution in [1.29, 1.82) is 0 Å². The standard InChI is InChI=1S/C20H17ClN2O5/c1-11(19(25)23-15-9-12(21)7-8-18(15)27-2)28-20(26)16-10-17(24)13-5-3-4-6-14(13)22-16/h3-11H,1-2H3,(H,22,24)(H,23,25)/t11-/m0/s1. The zero-order valence-electron chi connectivity index (χ0n) is 15.1. The summed E-state index contributed by atoms with van der Waals surface area (Å²) in [5.74, 6) is -0.976. The third kappa shape index (κ3) is 4.15. The number of aromatic amines is 1. The molecule has 144 valence electrons. The lowest BCUT2D eigenvalue weighted by molar-refractivity contribution is -0.123. The number of H-pyrrole nitrogens is 1. The number of pyridine rings is 1. The number of hydrogen-bond donors (Lipinski definition) is 2. The number of aromatic nitrogens is 1. The number of esters is 1. The predicted molar refractivity (Wildman–Crippen MR) is 106 cm³/mol. The summed E-state index contributed by atoms with van der Waals surface area (Å²) in [5, 5.41) is 3.47. The maximum atomic E-state index is 12.4. The Kier molecular flexibility index (Phi) is 5.65. The molecule has 0 unspecified atom stereocenters. The normalized spacial score (nSPS) is 11.7. The average Bonchev–Trinajstić information content (AvgIpc) is 2.68. The molecule has 2 N–H and O–H groups in total. The quantitative estimate of drug-likeness (QED) is 0.640. The van der Waals surface area contributed by atoms with Crippen LogP contribution in [0.5, 0.6) is 5.75 Å². The van der Waals surface area contributed by atoms with E-state index in [1.807, 2.05) is 0 Å². The van der Waals surface area contributed by atoms with E-state index in [9.17, 15) is 14.4 Å². The second kappa shape index (κ2) is 8.14. The van der Waals surface area contributed by atoms with Crippen LogP contribution in [0, 0.1) is 0 Å². The number of methoxy groups -OCH3 is 1. The van der Waals surface area contributed by atoms with Gasteiger partial charge in [0.1, 0.15) is 11.4 Å². The predicted octanol–water partition coefficient (Wildman–Crippen LogP) is 3.37. The molecular weight excluding hydrogens is 384 g/mol. The van der Waals surface area contributed by atoms with Crippen LogP contribution in [0.2, 0.25) is 5.02 Å². The molecule has 0 saturated heterocycles. The maximum Gasteiger partial charge on any atom is 0.355 e. The first kappa shape index (κ1) is 19.4. The molecule has 0 aliphatic carbocycles. The van der Waals surface area contributed by atoms with Crippen molar-refractivity contribution in [1.82, 2.24) is 4.98 Å². The van der Waals surface area contributed by atoms with Crippen LogP contribution in [0.3, 0.4) is 0 Å². The van der Waals surface area contributed by atoms with Crippen molar-refractivity contribution >= 4 is 40.1 Å². The SMILES string of the molecule is COc1ccc(Cl)cc1NC(=O)[C@H](C)OC(=O)c1cc(=O)c2ccccc2[nH]1. The summed E-state index contributed by atoms with van der Waals surface area (Å²) in [5.41, 5.74) is 0.496. The fraction of sp³-hybridized carbons (Fsp3) is 0.150. The van der Waals surface area contributed by atoms with Gasteiger partial charge in [-0.15, -0.1) is 0 Å². The number of hydrogen-bond acceptors (Lipinski definition) is 5. The highest BCUT2D eigenvalue weighted by molar-refractivity contribution is 6.31. The summed E-state index contributed by atoms with van der Waals surface area (Å²) in [6.07, 6.45) is -1.12. The van der Waals surface area contributed by atoms with Gasteiger partial charge in [0.2, 0.25) is 0 Å². The smallest absolute Gasteiger partial charge is 0.355 e. The number of fused-ring (bicyclic) bond motifs is 1. The van der Waals surface area contributed by atoms with Gasteiger partial charge in [0.15, 0.2) is 11.5 Å². The van der Waals surface area contributed by atoms with E-state index < -0.39 is 18.0 Å². The van der Waals surface area contributed by atoms with E-state index in [2.05, 4.69) is 10.3 Å². The summed E-state index contributed by atoms with van der Waals surface area (Å²) < 4.78 is 10.3. The number of benzene rings is 2. The number of ether oxygens (including phenoxy) is 2. The number of carbonyl (C=O) groups excluding carboxylic acids is 2. The van der Waals surface area contributed by atoms with E-state index in [1.165, 1.54) is 20.1 Å². The van der Waals surface area contributed by atoms with Crippen LogP contribution < -0.4 is 15.5 Å². The van der Waals surface area contributed by atoms with E-state index >= 15 is 0 Å². The Morgan fingerprint density at radius 1 is 1.14 bits per heavy atom. The van der Waals surface area contributed by atoms with Gasteiger partial charge in [0, 0.05) is 22.0 Å². The first-order valence-corrected chi connectivity index (χ1v) is 8.74. The molecule has 0 bridgehead atoms. The Morgan fingerprint density at radius 2 is 1.89 bits per heavy atom. The van der Waals surface area contributed by atoms with Crippen molar-refractivity contribution in [2.24, 2.45) is 0 Å². The number of halogens is 1. The molecule has 1 aromatic heterocycles. The fourth-order valence-electron chi connectivity index (χ4n) is 2.60. The van der Waals surface area contributed by atoms with Gasteiger partial charge < -0.3 is 19.8 Å². The Morgan fingerprint density at radius 3 is 2.64 bits per heavy atom. The van der Waals surface area contributed by atoms with Gasteiger partial charge in [0.05, 0.1) is 12.8 Å². The molecular formula is C20H17ClN2O5. The molecule has 1 atom stereocenters. The molecule has 8 heteroatoms. The molecule has 2 aromatic carbocycles. The van der Waals surface area contributed by atoms with Crippen molar-refractivity contribution in [3.05, 3.63) is 69.5 Å². The van der Waals surface area contributed by atoms with Crippen molar-refractivity contribution < 1.29 is 19.1 Å². The van der Waals surface area contributed by atoms with Crippen LogP contribution >= 0.6 is 11.6 Å². The lowest BCUT2D eigenvalue weighted by Gasteiger charge is -2.15. The minimum absolute atomic E-state index is 0.0383. The van der Waals surface area contributed by atoms with Gasteiger partial charge in [-0.3, -0.25) is 9.59 Å². The van der Waals surface area contributed by atoms with Crippen molar-refractivity contribution in [3.63, 3.8) is 0 Å². The average molecular weight is 401 g/mol. The number of anilines is 1. The number of carbonyl (C=O) groups is 2. The Labute approximate surface area is 165 Å². The summed E-state index contributed by atoms with van der Waals surface area (Å²) in [4.78, 5) is 39.7. The molecule has 3 rings (SSSR count). The molecule has 0 aliphatic rings. The molecule has 3 aromatic rings. The first-order chi connectivity index (χ1) is 13.4. The number of rotatable bonds is 5. The van der Waals surface area contributed by atoms with E-state index in [1.54, 1.807) is 36.4 Å². The van der Waals surface area contributed by atoms with Gasteiger partial charge in [-0.25, -0.2) is 4.79 Å². The van der Waals surface area contributed by atoms with Crippen LogP contribution in [0.25, 0.3) is 10.9 Å². The fourth-order valence-corrected chi connectivity index (χ4v) is 2.77. The van der Waals surface area contributed by atoms with Gasteiger partial charge in [0.25, 0.3) is 5.91 Å². The Bertz CT molecular complexity index is 1110. The zero-order chi connectivity index (χ0) is 20.3. The molecule has 0 saturated carbocycles. The lowest BCUT2D eigenvalue weighted by Crippen LogP contribution is -2.30. The molecule has 28 heavy (non-hydrogen) atoms. The van der Waals surface area contributed by atoms with Crippen molar-refractivity contribution in [2.45, 2.75) is 13.0 Å². The minimum Gasteiger partial charge on any atom is -0.495 e. The molecule has 1 amide bonds. The van der Waals surface area contributed by atoms with E-state index in [4.69, 9.17) is 21.1 Å². The van der Waals surface area contributed by atoms with E-state index in [-0.39, 0.29) is 11.1 Å². The lowest BCUT2D eigenvalue weighted by atomic mass is 10.2. The van der Waals surface area contributed by atoms with Crippen LogP contribution in [-0.4, -0.2) is 30.1 Å². The zero-order valence-corrected chi connectivity index (χ0v) is 15.9. The van der Waals surface area contributed by atoms with Crippen LogP contribution in [0.4, 0.5) is 5.69 Å². The number of para-hydroxylation sites is 1. The second-order valence-electron chi connectivity index (χ2n) is 5.97. The first-order valence-electron chi connectivity index (χ1n) is 8.36. The topological polar surface area (TPSA) is 97.5 Å². The van der Waals surface area contributed by atoms with Crippen LogP contribution in [0.15, 0.2) is 53.3 Å². The Hall–Kier alpha value is -3.32.